The smallest absolute Gasteiger partial charge is 0.180 e. The number of nitrogens with two attached hydrogens (primary N) is 1. The molecule has 7 nitrogen and oxygen atoms in total. The van der Waals surface area contributed by atoms with Crippen LogP contribution in [0, 0.1) is 5.92 Å². The van der Waals surface area contributed by atoms with E-state index >= 15 is 0 Å². The number of aromatic nitrogens is 3. The van der Waals surface area contributed by atoms with Crippen molar-refractivity contribution in [3.63, 3.8) is 0 Å². The van der Waals surface area contributed by atoms with E-state index in [0.29, 0.717) is 23.8 Å². The molecule has 2 aromatic rings. The van der Waals surface area contributed by atoms with E-state index < -0.39 is 6.10 Å². The molecule has 0 saturated carbocycles. The van der Waals surface area contributed by atoms with Gasteiger partial charge in [0.05, 0.1) is 12.3 Å². The average molecular weight is 250 g/mol. The minimum atomic E-state index is -0.434. The lowest BCUT2D eigenvalue weighted by Gasteiger charge is -2.16. The molecule has 0 aliphatic rings. The molecule has 1 atom stereocenters. The number of hydrogen-bond acceptors (Lipinski definition) is 6. The van der Waals surface area contributed by atoms with Gasteiger partial charge in [0.25, 0.3) is 0 Å². The predicted molar refractivity (Wildman–Crippen MR) is 70.1 cm³/mol. The maximum absolute atomic E-state index is 9.78. The number of nitrogens with one attached hydrogen (secondary N) is 2. The van der Waals surface area contributed by atoms with Gasteiger partial charge in [0.2, 0.25) is 0 Å². The van der Waals surface area contributed by atoms with Crippen LogP contribution >= 0.6 is 0 Å². The van der Waals surface area contributed by atoms with Gasteiger partial charge in [-0.3, -0.25) is 0 Å². The van der Waals surface area contributed by atoms with Gasteiger partial charge in [-0.15, -0.1) is 0 Å². The van der Waals surface area contributed by atoms with Crippen LogP contribution in [0.15, 0.2) is 18.6 Å². The maximum atomic E-state index is 9.78. The van der Waals surface area contributed by atoms with Crippen LogP contribution in [0.25, 0.3) is 5.65 Å². The average Bonchev–Trinajstić information content (AvgIpc) is 2.83. The van der Waals surface area contributed by atoms with Crippen LogP contribution in [-0.2, 0) is 0 Å². The number of anilines is 2. The molecule has 2 heterocycles. The van der Waals surface area contributed by atoms with Gasteiger partial charge in [-0.1, -0.05) is 13.8 Å². The van der Waals surface area contributed by atoms with Gasteiger partial charge < -0.3 is 20.2 Å². The first-order chi connectivity index (χ1) is 8.61. The first-order valence-corrected chi connectivity index (χ1v) is 5.84. The Morgan fingerprint density at radius 1 is 1.50 bits per heavy atom. The molecule has 2 aromatic heterocycles. The fourth-order valence-electron chi connectivity index (χ4n) is 1.56. The molecule has 0 spiro atoms. The van der Waals surface area contributed by atoms with E-state index in [2.05, 4.69) is 20.7 Å². The number of rotatable bonds is 5. The quantitative estimate of drug-likeness (QED) is 0.454. The number of aliphatic hydroxyl groups is 1. The van der Waals surface area contributed by atoms with Crippen molar-refractivity contribution in [2.45, 2.75) is 20.0 Å². The van der Waals surface area contributed by atoms with Crippen molar-refractivity contribution in [1.29, 1.82) is 0 Å². The minimum absolute atomic E-state index is 0.184. The summed E-state index contributed by atoms with van der Waals surface area (Å²) < 4.78 is 1.81. The summed E-state index contributed by atoms with van der Waals surface area (Å²) in [4.78, 5) is 8.49. The Morgan fingerprint density at radius 3 is 2.94 bits per heavy atom. The summed E-state index contributed by atoms with van der Waals surface area (Å²) in [5, 5.41) is 12.9. The second-order valence-corrected chi connectivity index (χ2v) is 4.47. The molecule has 0 fully saturated rings. The van der Waals surface area contributed by atoms with Gasteiger partial charge in [-0.05, 0) is 5.92 Å². The monoisotopic (exact) mass is 250 g/mol. The molecule has 2 rings (SSSR count). The Kier molecular flexibility index (Phi) is 3.63. The lowest BCUT2D eigenvalue weighted by molar-refractivity contribution is 0.138. The normalized spacial score (nSPS) is 12.9. The van der Waals surface area contributed by atoms with E-state index in [0.717, 1.165) is 0 Å². The van der Waals surface area contributed by atoms with Crippen molar-refractivity contribution >= 4 is 17.3 Å². The third-order valence-electron chi connectivity index (χ3n) is 2.77. The van der Waals surface area contributed by atoms with Crippen molar-refractivity contribution in [3.05, 3.63) is 18.6 Å². The number of nitrogen functional groups attached to an aromatic ring is 1. The molecule has 98 valence electrons. The summed E-state index contributed by atoms with van der Waals surface area (Å²) in [6.45, 7) is 4.34. The molecule has 0 aliphatic carbocycles. The Labute approximate surface area is 105 Å². The molecule has 0 radical (unpaired) electrons. The third kappa shape index (κ3) is 2.52. The fraction of sp³-hybridized carbons (Fsp3) is 0.455. The van der Waals surface area contributed by atoms with Crippen LogP contribution in [0.4, 0.5) is 11.6 Å². The molecule has 0 saturated heterocycles. The molecule has 0 bridgehead atoms. The summed E-state index contributed by atoms with van der Waals surface area (Å²) in [7, 11) is 0. The molecule has 1 unspecified atom stereocenters. The molecule has 18 heavy (non-hydrogen) atoms. The van der Waals surface area contributed by atoms with E-state index in [9.17, 15) is 5.11 Å². The summed E-state index contributed by atoms with van der Waals surface area (Å²) >= 11 is 0. The van der Waals surface area contributed by atoms with Gasteiger partial charge in [-0.25, -0.2) is 15.8 Å². The Hall–Kier alpha value is -1.86. The number of fused-ring (bicyclic) bond motifs is 1. The van der Waals surface area contributed by atoms with E-state index in [1.807, 2.05) is 24.4 Å². The highest BCUT2D eigenvalue weighted by Gasteiger charge is 2.11. The zero-order chi connectivity index (χ0) is 13.1. The van der Waals surface area contributed by atoms with Crippen molar-refractivity contribution < 1.29 is 5.11 Å². The molecular weight excluding hydrogens is 232 g/mol. The number of nitrogens with zero attached hydrogens (tertiary/aromatic N) is 3. The van der Waals surface area contributed by atoms with Crippen LogP contribution in [0.1, 0.15) is 13.8 Å². The predicted octanol–water partition coefficient (Wildman–Crippen LogP) is 0.444. The zero-order valence-electron chi connectivity index (χ0n) is 10.5. The van der Waals surface area contributed by atoms with Crippen molar-refractivity contribution in [3.8, 4) is 0 Å². The largest absolute Gasteiger partial charge is 0.391 e. The standard InChI is InChI=1S/C11H18N6O/c1-7(2)8(18)5-14-10-11-13-3-4-17(11)6-9(15-10)16-12/h3-4,6-8,16,18H,5,12H2,1-2H3,(H,14,15). The van der Waals surface area contributed by atoms with Crippen LogP contribution in [0.5, 0.6) is 0 Å². The van der Waals surface area contributed by atoms with Gasteiger partial charge >= 0.3 is 0 Å². The Morgan fingerprint density at radius 2 is 2.28 bits per heavy atom. The number of imidazole rings is 1. The number of hydrazine groups is 1. The number of hydrogen-bond donors (Lipinski definition) is 4. The Bertz CT molecular complexity index is 523. The lowest BCUT2D eigenvalue weighted by atomic mass is 10.1. The molecule has 7 heteroatoms. The van der Waals surface area contributed by atoms with E-state index in [1.54, 1.807) is 12.4 Å². The van der Waals surface area contributed by atoms with Gasteiger partial charge in [0, 0.05) is 18.9 Å². The summed E-state index contributed by atoms with van der Waals surface area (Å²) in [6, 6.07) is 0. The zero-order valence-corrected chi connectivity index (χ0v) is 10.5. The molecule has 5 N–H and O–H groups in total. The summed E-state index contributed by atoms with van der Waals surface area (Å²) in [5.41, 5.74) is 3.20. The topological polar surface area (TPSA) is 100 Å². The summed E-state index contributed by atoms with van der Waals surface area (Å²) in [5.74, 6) is 6.67. The highest BCUT2D eigenvalue weighted by atomic mass is 16.3. The molecule has 0 amide bonds. The number of aliphatic hydroxyl groups excluding tert-OH is 1. The molecule has 0 aliphatic heterocycles. The highest BCUT2D eigenvalue weighted by Crippen LogP contribution is 2.16. The van der Waals surface area contributed by atoms with Crippen molar-refractivity contribution in [2.75, 3.05) is 17.3 Å². The Balaban J connectivity index is 2.23. The lowest BCUT2D eigenvalue weighted by Crippen LogP contribution is -2.25. The van der Waals surface area contributed by atoms with Gasteiger partial charge in [-0.2, -0.15) is 0 Å². The SMILES string of the molecule is CC(C)C(O)CNc1nc(NN)cn2ccnc12. The first-order valence-electron chi connectivity index (χ1n) is 5.84. The van der Waals surface area contributed by atoms with Crippen LogP contribution < -0.4 is 16.6 Å². The van der Waals surface area contributed by atoms with Crippen molar-refractivity contribution in [2.24, 2.45) is 11.8 Å². The van der Waals surface area contributed by atoms with Crippen LogP contribution in [0.2, 0.25) is 0 Å². The molecule has 0 aromatic carbocycles. The maximum Gasteiger partial charge on any atom is 0.180 e. The fourth-order valence-corrected chi connectivity index (χ4v) is 1.56. The highest BCUT2D eigenvalue weighted by molar-refractivity contribution is 5.65. The molecular formula is C11H18N6O. The van der Waals surface area contributed by atoms with E-state index in [-0.39, 0.29) is 5.92 Å². The van der Waals surface area contributed by atoms with Crippen molar-refractivity contribution in [1.82, 2.24) is 14.4 Å². The van der Waals surface area contributed by atoms with Gasteiger partial charge in [0.15, 0.2) is 17.3 Å². The minimum Gasteiger partial charge on any atom is -0.391 e. The second-order valence-electron chi connectivity index (χ2n) is 4.47. The second kappa shape index (κ2) is 5.19. The van der Waals surface area contributed by atoms with Crippen LogP contribution in [0.3, 0.4) is 0 Å². The van der Waals surface area contributed by atoms with Gasteiger partial charge in [0.1, 0.15) is 0 Å². The van der Waals surface area contributed by atoms with E-state index in [1.165, 1.54) is 0 Å². The summed E-state index contributed by atoms with van der Waals surface area (Å²) in [6.07, 6.45) is 4.80. The van der Waals surface area contributed by atoms with E-state index in [4.69, 9.17) is 5.84 Å². The van der Waals surface area contributed by atoms with Crippen LogP contribution in [-0.4, -0.2) is 32.1 Å². The first kappa shape index (κ1) is 12.6. The third-order valence-corrected chi connectivity index (χ3v) is 2.77.